The molecule has 0 aliphatic carbocycles. The molecule has 2 aromatic carbocycles. The zero-order valence-corrected chi connectivity index (χ0v) is 17.1. The average Bonchev–Trinajstić information content (AvgIpc) is 3.34. The number of nitro benzene ring substituents is 1. The summed E-state index contributed by atoms with van der Waals surface area (Å²) >= 11 is 0.853. The van der Waals surface area contributed by atoms with Crippen molar-refractivity contribution in [2.75, 3.05) is 7.11 Å². The van der Waals surface area contributed by atoms with Crippen LogP contribution in [-0.4, -0.2) is 28.1 Å². The van der Waals surface area contributed by atoms with Crippen LogP contribution >= 0.6 is 11.8 Å². The van der Waals surface area contributed by atoms with Gasteiger partial charge >= 0.3 is 0 Å². The highest BCUT2D eigenvalue weighted by atomic mass is 32.2. The summed E-state index contributed by atoms with van der Waals surface area (Å²) in [5.41, 5.74) is 1.29. The summed E-state index contributed by atoms with van der Waals surface area (Å²) in [7, 11) is 1.41. The minimum atomic E-state index is -0.509. The Balaban J connectivity index is 1.57. The number of methoxy groups -OCH3 is 1. The van der Waals surface area contributed by atoms with Crippen molar-refractivity contribution in [1.82, 2.24) is 4.90 Å². The van der Waals surface area contributed by atoms with Crippen molar-refractivity contribution in [2.24, 2.45) is 0 Å². The van der Waals surface area contributed by atoms with E-state index in [2.05, 4.69) is 0 Å². The number of non-ortho nitro benzene ring substituents is 1. The lowest BCUT2D eigenvalue weighted by Crippen LogP contribution is -2.27. The lowest BCUT2D eigenvalue weighted by atomic mass is 10.1. The van der Waals surface area contributed by atoms with E-state index in [1.54, 1.807) is 12.1 Å². The average molecular weight is 436 g/mol. The molecule has 2 heterocycles. The van der Waals surface area contributed by atoms with E-state index < -0.39 is 4.92 Å². The van der Waals surface area contributed by atoms with Crippen LogP contribution in [0.15, 0.2) is 70.0 Å². The predicted molar refractivity (Wildman–Crippen MR) is 115 cm³/mol. The quantitative estimate of drug-likeness (QED) is 0.301. The van der Waals surface area contributed by atoms with E-state index in [0.717, 1.165) is 17.3 Å². The monoisotopic (exact) mass is 436 g/mol. The number of imide groups is 1. The summed E-state index contributed by atoms with van der Waals surface area (Å²) in [4.78, 5) is 36.9. The molecule has 1 fully saturated rings. The van der Waals surface area contributed by atoms with Crippen molar-refractivity contribution >= 4 is 34.7 Å². The number of thioether (sulfide) groups is 1. The number of hydrogen-bond acceptors (Lipinski definition) is 7. The van der Waals surface area contributed by atoms with Gasteiger partial charge in [-0.2, -0.15) is 0 Å². The number of rotatable bonds is 6. The molecule has 156 valence electrons. The number of nitro groups is 1. The van der Waals surface area contributed by atoms with Crippen molar-refractivity contribution in [3.63, 3.8) is 0 Å². The van der Waals surface area contributed by atoms with Crippen LogP contribution < -0.4 is 4.74 Å². The van der Waals surface area contributed by atoms with Gasteiger partial charge in [0.2, 0.25) is 0 Å². The molecular formula is C22H16N2O6S. The van der Waals surface area contributed by atoms with Gasteiger partial charge in [0, 0.05) is 12.1 Å². The number of hydrogen-bond donors (Lipinski definition) is 0. The first-order chi connectivity index (χ1) is 15.0. The van der Waals surface area contributed by atoms with Gasteiger partial charge in [0.25, 0.3) is 16.8 Å². The minimum absolute atomic E-state index is 0.0977. The van der Waals surface area contributed by atoms with Gasteiger partial charge < -0.3 is 9.15 Å². The second-order valence-corrected chi connectivity index (χ2v) is 7.59. The second kappa shape index (κ2) is 8.49. The van der Waals surface area contributed by atoms with Crippen LogP contribution in [0.2, 0.25) is 0 Å². The molecule has 0 saturated carbocycles. The molecular weight excluding hydrogens is 420 g/mol. The van der Waals surface area contributed by atoms with Gasteiger partial charge in [-0.15, -0.1) is 0 Å². The van der Waals surface area contributed by atoms with Gasteiger partial charge in [-0.05, 0) is 35.5 Å². The molecule has 9 heteroatoms. The zero-order chi connectivity index (χ0) is 22.0. The Kier molecular flexibility index (Phi) is 5.59. The first kappa shape index (κ1) is 20.4. The minimum Gasteiger partial charge on any atom is -0.496 e. The van der Waals surface area contributed by atoms with E-state index in [4.69, 9.17) is 9.15 Å². The Morgan fingerprint density at radius 2 is 1.90 bits per heavy atom. The van der Waals surface area contributed by atoms with Gasteiger partial charge in [0.15, 0.2) is 0 Å². The van der Waals surface area contributed by atoms with Crippen LogP contribution in [0.5, 0.6) is 5.75 Å². The van der Waals surface area contributed by atoms with Gasteiger partial charge in [0.1, 0.15) is 17.3 Å². The fourth-order valence-electron chi connectivity index (χ4n) is 3.10. The first-order valence-electron chi connectivity index (χ1n) is 9.18. The number of ether oxygens (including phenoxy) is 1. The van der Waals surface area contributed by atoms with Gasteiger partial charge in [-0.3, -0.25) is 24.6 Å². The smallest absolute Gasteiger partial charge is 0.293 e. The van der Waals surface area contributed by atoms with E-state index in [-0.39, 0.29) is 28.3 Å². The number of nitrogens with zero attached hydrogens (tertiary/aromatic N) is 2. The summed E-state index contributed by atoms with van der Waals surface area (Å²) in [5.74, 6) is 0.699. The maximum absolute atomic E-state index is 12.7. The highest BCUT2D eigenvalue weighted by Crippen LogP contribution is 2.37. The van der Waals surface area contributed by atoms with Gasteiger partial charge in [0.05, 0.1) is 35.1 Å². The Bertz CT molecular complexity index is 1200. The summed E-state index contributed by atoms with van der Waals surface area (Å²) in [6.07, 6.45) is 1.51. The van der Waals surface area contributed by atoms with E-state index in [9.17, 15) is 19.7 Å². The van der Waals surface area contributed by atoms with Crippen LogP contribution in [-0.2, 0) is 11.3 Å². The van der Waals surface area contributed by atoms with Crippen molar-refractivity contribution in [2.45, 2.75) is 6.54 Å². The molecule has 3 aromatic rings. The SMILES string of the molecule is COc1cc([N+](=O)[O-])ccc1-c1ccc(/C=C2\SC(=O)N(Cc3ccccc3)C2=O)o1. The maximum Gasteiger partial charge on any atom is 0.293 e. The number of benzene rings is 2. The number of amides is 2. The molecule has 4 rings (SSSR count). The van der Waals surface area contributed by atoms with Crippen molar-refractivity contribution in [1.29, 1.82) is 0 Å². The highest BCUT2D eigenvalue weighted by Gasteiger charge is 2.35. The van der Waals surface area contributed by atoms with Crippen molar-refractivity contribution in [3.8, 4) is 17.1 Å². The molecule has 2 amide bonds. The van der Waals surface area contributed by atoms with Crippen molar-refractivity contribution in [3.05, 3.63) is 87.0 Å². The third-order valence-corrected chi connectivity index (χ3v) is 5.53. The molecule has 0 N–H and O–H groups in total. The van der Waals surface area contributed by atoms with E-state index in [1.165, 1.54) is 36.3 Å². The zero-order valence-electron chi connectivity index (χ0n) is 16.3. The molecule has 8 nitrogen and oxygen atoms in total. The molecule has 0 bridgehead atoms. The Labute approximate surface area is 181 Å². The third kappa shape index (κ3) is 4.22. The number of furan rings is 1. The molecule has 0 spiro atoms. The number of carbonyl (C=O) groups excluding carboxylic acids is 2. The normalized spacial score (nSPS) is 15.0. The van der Waals surface area contributed by atoms with E-state index in [0.29, 0.717) is 22.8 Å². The van der Waals surface area contributed by atoms with Crippen LogP contribution in [0.1, 0.15) is 11.3 Å². The summed E-state index contributed by atoms with van der Waals surface area (Å²) in [6.45, 7) is 0.201. The lowest BCUT2D eigenvalue weighted by Gasteiger charge is -2.11. The lowest BCUT2D eigenvalue weighted by molar-refractivity contribution is -0.384. The van der Waals surface area contributed by atoms with Crippen LogP contribution in [0.4, 0.5) is 10.5 Å². The van der Waals surface area contributed by atoms with Gasteiger partial charge in [-0.25, -0.2) is 0 Å². The van der Waals surface area contributed by atoms with E-state index >= 15 is 0 Å². The fourth-order valence-corrected chi connectivity index (χ4v) is 3.92. The first-order valence-corrected chi connectivity index (χ1v) is 10.00. The molecule has 1 saturated heterocycles. The predicted octanol–water partition coefficient (Wildman–Crippen LogP) is 5.10. The van der Waals surface area contributed by atoms with Crippen LogP contribution in [0, 0.1) is 10.1 Å². The summed E-state index contributed by atoms with van der Waals surface area (Å²) in [5, 5.41) is 10.6. The standard InChI is InChI=1S/C22H16N2O6S/c1-29-19-11-15(24(27)28)7-9-17(19)18-10-8-16(30-18)12-20-21(25)23(22(26)31-20)13-14-5-3-2-4-6-14/h2-12H,13H2,1H3/b20-12-. The maximum atomic E-state index is 12.7. The Hall–Kier alpha value is -3.85. The van der Waals surface area contributed by atoms with E-state index in [1.807, 2.05) is 30.3 Å². The molecule has 1 aliphatic heterocycles. The van der Waals surface area contributed by atoms with Gasteiger partial charge in [-0.1, -0.05) is 30.3 Å². The molecule has 0 unspecified atom stereocenters. The summed E-state index contributed by atoms with van der Waals surface area (Å²) < 4.78 is 11.0. The molecule has 0 radical (unpaired) electrons. The van der Waals surface area contributed by atoms with Crippen LogP contribution in [0.3, 0.4) is 0 Å². The highest BCUT2D eigenvalue weighted by molar-refractivity contribution is 8.18. The largest absolute Gasteiger partial charge is 0.496 e. The molecule has 1 aromatic heterocycles. The topological polar surface area (TPSA) is 103 Å². The fraction of sp³-hybridized carbons (Fsp3) is 0.0909. The summed E-state index contributed by atoms with van der Waals surface area (Å²) in [6, 6.07) is 16.8. The second-order valence-electron chi connectivity index (χ2n) is 6.60. The molecule has 1 aliphatic rings. The number of carbonyl (C=O) groups is 2. The Morgan fingerprint density at radius 1 is 1.13 bits per heavy atom. The Morgan fingerprint density at radius 3 is 2.61 bits per heavy atom. The van der Waals surface area contributed by atoms with Crippen LogP contribution in [0.25, 0.3) is 17.4 Å². The molecule has 0 atom stereocenters. The third-order valence-electron chi connectivity index (χ3n) is 4.62. The molecule has 31 heavy (non-hydrogen) atoms. The van der Waals surface area contributed by atoms with Crippen molar-refractivity contribution < 1.29 is 23.7 Å².